The normalized spacial score (nSPS) is 18.9. The van der Waals surface area contributed by atoms with E-state index in [-0.39, 0.29) is 12.4 Å². The highest BCUT2D eigenvalue weighted by atomic mass is 32.2. The van der Waals surface area contributed by atoms with E-state index in [4.69, 9.17) is 9.47 Å². The van der Waals surface area contributed by atoms with Crippen molar-refractivity contribution in [3.63, 3.8) is 0 Å². The van der Waals surface area contributed by atoms with E-state index < -0.39 is 22.7 Å². The van der Waals surface area contributed by atoms with Gasteiger partial charge in [0.25, 0.3) is 4.93 Å². The summed E-state index contributed by atoms with van der Waals surface area (Å²) in [7, 11) is 0. The molecule has 0 aliphatic carbocycles. The molecule has 142 valence electrons. The molecule has 1 aliphatic heterocycles. The van der Waals surface area contributed by atoms with Crippen molar-refractivity contribution in [2.24, 2.45) is 0 Å². The Kier molecular flexibility index (Phi) is 5.24. The number of para-hydroxylation sites is 1. The van der Waals surface area contributed by atoms with Gasteiger partial charge in [-0.05, 0) is 38.1 Å². The van der Waals surface area contributed by atoms with Gasteiger partial charge >= 0.3 is 12.1 Å². The fourth-order valence-corrected chi connectivity index (χ4v) is 3.78. The second kappa shape index (κ2) is 7.31. The fourth-order valence-electron chi connectivity index (χ4n) is 2.67. The Morgan fingerprint density at radius 2 is 1.81 bits per heavy atom. The van der Waals surface area contributed by atoms with E-state index in [1.807, 2.05) is 6.92 Å². The van der Waals surface area contributed by atoms with Crippen LogP contribution < -0.4 is 4.74 Å². The van der Waals surface area contributed by atoms with Gasteiger partial charge in [0, 0.05) is 10.5 Å². The third kappa shape index (κ3) is 3.69. The maximum atomic E-state index is 14.3. The van der Waals surface area contributed by atoms with Gasteiger partial charge in [-0.1, -0.05) is 47.7 Å². The number of carbonyl (C=O) groups excluding carboxylic acids is 1. The van der Waals surface area contributed by atoms with E-state index in [0.717, 1.165) is 5.56 Å². The fraction of sp³-hybridized carbons (Fsp3) is 0.250. The predicted molar refractivity (Wildman–Crippen MR) is 97.5 cm³/mol. The molecule has 0 radical (unpaired) electrons. The first kappa shape index (κ1) is 19.4. The van der Waals surface area contributed by atoms with Crippen LogP contribution in [0.1, 0.15) is 18.1 Å². The lowest BCUT2D eigenvalue weighted by Crippen LogP contribution is -2.52. The number of hydrogen-bond donors (Lipinski definition) is 0. The Hall–Kier alpha value is -2.41. The van der Waals surface area contributed by atoms with Gasteiger partial charge in [0.1, 0.15) is 11.3 Å². The number of ether oxygens (including phenoxy) is 2. The SMILES string of the molecule is CCOC(=O)C1=Cc2ccccc2OC1(Sc1ccc(C)cc1)C(F)(F)F. The van der Waals surface area contributed by atoms with Crippen LogP contribution in [0.5, 0.6) is 5.75 Å². The van der Waals surface area contributed by atoms with Gasteiger partial charge in [0.2, 0.25) is 0 Å². The largest absolute Gasteiger partial charge is 0.462 e. The maximum Gasteiger partial charge on any atom is 0.443 e. The third-order valence-corrected chi connectivity index (χ3v) is 5.31. The van der Waals surface area contributed by atoms with E-state index in [0.29, 0.717) is 22.2 Å². The Balaban J connectivity index is 2.17. The number of rotatable bonds is 4. The predicted octanol–water partition coefficient (Wildman–Crippen LogP) is 5.38. The minimum Gasteiger partial charge on any atom is -0.462 e. The number of benzene rings is 2. The van der Waals surface area contributed by atoms with Gasteiger partial charge in [0.15, 0.2) is 0 Å². The summed E-state index contributed by atoms with van der Waals surface area (Å²) in [5, 5.41) is 0. The van der Waals surface area contributed by atoms with Gasteiger partial charge in [0.05, 0.1) is 6.61 Å². The first-order valence-electron chi connectivity index (χ1n) is 8.26. The van der Waals surface area contributed by atoms with E-state index in [9.17, 15) is 18.0 Å². The molecule has 2 aromatic rings. The standard InChI is InChI=1S/C20H17F3O3S/c1-3-25-18(24)16-12-14-6-4-5-7-17(14)26-19(16,20(21,22)23)27-15-10-8-13(2)9-11-15/h4-12H,3H2,1-2H3. The highest BCUT2D eigenvalue weighted by molar-refractivity contribution is 8.00. The van der Waals surface area contributed by atoms with Crippen molar-refractivity contribution in [2.75, 3.05) is 6.61 Å². The molecule has 27 heavy (non-hydrogen) atoms. The number of carbonyl (C=O) groups is 1. The number of fused-ring (bicyclic) bond motifs is 1. The molecule has 0 bridgehead atoms. The zero-order valence-electron chi connectivity index (χ0n) is 14.7. The van der Waals surface area contributed by atoms with E-state index >= 15 is 0 Å². The van der Waals surface area contributed by atoms with Crippen molar-refractivity contribution < 1.29 is 27.4 Å². The van der Waals surface area contributed by atoms with Crippen molar-refractivity contribution in [3.8, 4) is 5.75 Å². The van der Waals surface area contributed by atoms with Gasteiger partial charge in [-0.15, -0.1) is 0 Å². The Labute approximate surface area is 159 Å². The number of halogens is 3. The molecule has 7 heteroatoms. The molecule has 3 rings (SSSR count). The molecule has 0 saturated carbocycles. The van der Waals surface area contributed by atoms with E-state index in [1.54, 1.807) is 49.4 Å². The van der Waals surface area contributed by atoms with Crippen LogP contribution in [0.25, 0.3) is 6.08 Å². The minimum absolute atomic E-state index is 0.0407. The van der Waals surface area contributed by atoms with Crippen molar-refractivity contribution in [3.05, 3.63) is 65.2 Å². The van der Waals surface area contributed by atoms with Crippen LogP contribution in [0.15, 0.2) is 59.0 Å². The molecule has 2 aromatic carbocycles. The van der Waals surface area contributed by atoms with Crippen LogP contribution in [-0.4, -0.2) is 23.7 Å². The molecule has 1 unspecified atom stereocenters. The summed E-state index contributed by atoms with van der Waals surface area (Å²) in [6.07, 6.45) is -3.67. The third-order valence-electron chi connectivity index (χ3n) is 3.98. The minimum atomic E-state index is -4.87. The average molecular weight is 394 g/mol. The van der Waals surface area contributed by atoms with Crippen LogP contribution in [0, 0.1) is 6.92 Å². The monoisotopic (exact) mass is 394 g/mol. The Bertz CT molecular complexity index is 875. The number of hydrogen-bond acceptors (Lipinski definition) is 4. The first-order chi connectivity index (χ1) is 12.8. The second-order valence-corrected chi connectivity index (χ2v) is 7.20. The Morgan fingerprint density at radius 1 is 1.15 bits per heavy atom. The molecule has 0 N–H and O–H groups in total. The van der Waals surface area contributed by atoms with Gasteiger partial charge in [-0.3, -0.25) is 0 Å². The van der Waals surface area contributed by atoms with Crippen LogP contribution >= 0.6 is 11.8 Å². The summed E-state index contributed by atoms with van der Waals surface area (Å²) in [5.74, 6) is -0.994. The number of thioether (sulfide) groups is 1. The zero-order chi connectivity index (χ0) is 19.7. The molecule has 0 spiro atoms. The lowest BCUT2D eigenvalue weighted by molar-refractivity contribution is -0.201. The lowest BCUT2D eigenvalue weighted by Gasteiger charge is -2.39. The topological polar surface area (TPSA) is 35.5 Å². The summed E-state index contributed by atoms with van der Waals surface area (Å²) < 4.78 is 53.3. The summed E-state index contributed by atoms with van der Waals surface area (Å²) in [5.41, 5.74) is 0.725. The number of esters is 1. The summed E-state index contributed by atoms with van der Waals surface area (Å²) in [6.45, 7) is 3.34. The smallest absolute Gasteiger partial charge is 0.443 e. The molecule has 3 nitrogen and oxygen atoms in total. The second-order valence-electron chi connectivity index (χ2n) is 5.95. The van der Waals surface area contributed by atoms with Crippen molar-refractivity contribution in [2.45, 2.75) is 29.9 Å². The first-order valence-corrected chi connectivity index (χ1v) is 9.08. The molecule has 1 heterocycles. The molecule has 0 fully saturated rings. The molecular weight excluding hydrogens is 377 g/mol. The quantitative estimate of drug-likeness (QED) is 0.652. The van der Waals surface area contributed by atoms with Crippen molar-refractivity contribution in [1.82, 2.24) is 0 Å². The summed E-state index contributed by atoms with van der Waals surface area (Å²) in [6, 6.07) is 12.8. The van der Waals surface area contributed by atoms with Crippen LogP contribution in [-0.2, 0) is 9.53 Å². The lowest BCUT2D eigenvalue weighted by atomic mass is 10.0. The summed E-state index contributed by atoms with van der Waals surface area (Å²) in [4.78, 5) is 9.86. The highest BCUT2D eigenvalue weighted by Gasteiger charge is 2.64. The molecule has 1 aliphatic rings. The number of aryl methyl sites for hydroxylation is 1. The van der Waals surface area contributed by atoms with Crippen molar-refractivity contribution in [1.29, 1.82) is 0 Å². The molecule has 1 atom stereocenters. The van der Waals surface area contributed by atoms with Crippen LogP contribution in [0.4, 0.5) is 13.2 Å². The molecule has 0 saturated heterocycles. The molecule has 0 aromatic heterocycles. The molecular formula is C20H17F3O3S. The van der Waals surface area contributed by atoms with E-state index in [2.05, 4.69) is 0 Å². The zero-order valence-corrected chi connectivity index (χ0v) is 15.5. The summed E-state index contributed by atoms with van der Waals surface area (Å²) >= 11 is 0.437. The van der Waals surface area contributed by atoms with Crippen molar-refractivity contribution >= 4 is 23.8 Å². The van der Waals surface area contributed by atoms with Gasteiger partial charge in [-0.2, -0.15) is 13.2 Å². The maximum absolute atomic E-state index is 14.3. The van der Waals surface area contributed by atoms with Crippen LogP contribution in [0.2, 0.25) is 0 Å². The van der Waals surface area contributed by atoms with Crippen LogP contribution in [0.3, 0.4) is 0 Å². The average Bonchev–Trinajstić information content (AvgIpc) is 2.62. The van der Waals surface area contributed by atoms with Gasteiger partial charge in [-0.25, -0.2) is 4.79 Å². The highest BCUT2D eigenvalue weighted by Crippen LogP contribution is 2.54. The number of alkyl halides is 3. The Morgan fingerprint density at radius 3 is 2.44 bits per heavy atom. The molecule has 0 amide bonds. The van der Waals surface area contributed by atoms with E-state index in [1.165, 1.54) is 12.1 Å². The van der Waals surface area contributed by atoms with Gasteiger partial charge < -0.3 is 9.47 Å².